The maximum Gasteiger partial charge on any atom is 0.287 e. The van der Waals surface area contributed by atoms with Gasteiger partial charge in [0.15, 0.2) is 5.76 Å². The maximum atomic E-state index is 13.3. The molecule has 0 spiro atoms. The van der Waals surface area contributed by atoms with E-state index in [9.17, 15) is 9.18 Å². The lowest BCUT2D eigenvalue weighted by molar-refractivity contribution is 0.0921. The zero-order valence-electron chi connectivity index (χ0n) is 12.6. The summed E-state index contributed by atoms with van der Waals surface area (Å²) in [5.74, 6) is 2.06. The number of methoxy groups -OCH3 is 1. The van der Waals surface area contributed by atoms with E-state index in [2.05, 4.69) is 12.2 Å². The first-order valence-electron chi connectivity index (χ1n) is 7.29. The molecule has 1 saturated carbocycles. The highest BCUT2D eigenvalue weighted by atomic mass is 19.1. The number of carbonyl (C=O) groups excluding carboxylic acids is 1. The first kappa shape index (κ1) is 14.6. The van der Waals surface area contributed by atoms with Crippen molar-refractivity contribution in [1.82, 2.24) is 5.32 Å². The van der Waals surface area contributed by atoms with Gasteiger partial charge in [0.25, 0.3) is 5.91 Å². The number of carbonyl (C=O) groups is 1. The van der Waals surface area contributed by atoms with Crippen LogP contribution in [0.2, 0.25) is 0 Å². The number of hydrogen-bond acceptors (Lipinski definition) is 3. The van der Waals surface area contributed by atoms with Gasteiger partial charge in [-0.2, -0.15) is 0 Å². The van der Waals surface area contributed by atoms with Crippen molar-refractivity contribution < 1.29 is 18.3 Å². The molecule has 5 heteroatoms. The van der Waals surface area contributed by atoms with E-state index in [1.165, 1.54) is 25.3 Å². The number of nitrogens with one attached hydrogen (secondary N) is 1. The molecule has 1 aromatic heterocycles. The fourth-order valence-corrected chi connectivity index (χ4v) is 2.54. The summed E-state index contributed by atoms with van der Waals surface area (Å²) in [6.07, 6.45) is 1.11. The number of halogens is 1. The Balaban J connectivity index is 1.65. The standard InChI is InChI=1S/C17H18FNO3/c1-10-7-13(10)15-5-6-16(22-15)17(20)19-9-11-8-12(18)3-4-14(11)21-2/h3-6,8,10,13H,7,9H2,1-2H3,(H,19,20)/t10-,13+/m1/s1. The number of benzene rings is 1. The molecule has 2 aromatic rings. The van der Waals surface area contributed by atoms with Crippen LogP contribution in [-0.2, 0) is 6.54 Å². The summed E-state index contributed by atoms with van der Waals surface area (Å²) < 4.78 is 24.0. The lowest BCUT2D eigenvalue weighted by Gasteiger charge is -2.09. The SMILES string of the molecule is COc1ccc(F)cc1CNC(=O)c1ccc([C@H]2C[C@H]2C)o1. The molecule has 1 N–H and O–H groups in total. The number of hydrogen-bond donors (Lipinski definition) is 1. The minimum Gasteiger partial charge on any atom is -0.496 e. The van der Waals surface area contributed by atoms with E-state index in [0.29, 0.717) is 23.1 Å². The number of ether oxygens (including phenoxy) is 1. The number of rotatable bonds is 5. The van der Waals surface area contributed by atoms with Crippen molar-refractivity contribution in [2.24, 2.45) is 5.92 Å². The molecule has 1 amide bonds. The fraction of sp³-hybridized carbons (Fsp3) is 0.353. The molecule has 0 saturated heterocycles. The minimum atomic E-state index is -0.368. The molecule has 1 aliphatic carbocycles. The summed E-state index contributed by atoms with van der Waals surface area (Å²) >= 11 is 0. The van der Waals surface area contributed by atoms with Crippen LogP contribution in [0.4, 0.5) is 4.39 Å². The molecule has 0 bridgehead atoms. The summed E-state index contributed by atoms with van der Waals surface area (Å²) in [6, 6.07) is 7.74. The van der Waals surface area contributed by atoms with Gasteiger partial charge in [0.2, 0.25) is 0 Å². The first-order chi connectivity index (χ1) is 10.6. The Labute approximate surface area is 128 Å². The van der Waals surface area contributed by atoms with Gasteiger partial charge < -0.3 is 14.5 Å². The smallest absolute Gasteiger partial charge is 0.287 e. The van der Waals surface area contributed by atoms with Crippen molar-refractivity contribution >= 4 is 5.91 Å². The Hall–Kier alpha value is -2.30. The molecule has 1 aromatic carbocycles. The van der Waals surface area contributed by atoms with Gasteiger partial charge in [-0.25, -0.2) is 4.39 Å². The van der Waals surface area contributed by atoms with Gasteiger partial charge in [0.1, 0.15) is 17.3 Å². The van der Waals surface area contributed by atoms with E-state index in [0.717, 1.165) is 12.2 Å². The topological polar surface area (TPSA) is 51.5 Å². The summed E-state index contributed by atoms with van der Waals surface area (Å²) in [6.45, 7) is 2.33. The van der Waals surface area contributed by atoms with E-state index in [1.54, 1.807) is 6.07 Å². The third-order valence-corrected chi connectivity index (χ3v) is 4.01. The zero-order valence-corrected chi connectivity index (χ0v) is 12.6. The number of amides is 1. The van der Waals surface area contributed by atoms with Crippen LogP contribution in [0.3, 0.4) is 0 Å². The highest BCUT2D eigenvalue weighted by Gasteiger charge is 2.36. The van der Waals surface area contributed by atoms with Crippen molar-refractivity contribution in [3.8, 4) is 5.75 Å². The second-order valence-corrected chi connectivity index (χ2v) is 5.66. The van der Waals surface area contributed by atoms with E-state index in [-0.39, 0.29) is 24.0 Å². The highest BCUT2D eigenvalue weighted by Crippen LogP contribution is 2.47. The molecule has 3 rings (SSSR count). The van der Waals surface area contributed by atoms with Crippen LogP contribution >= 0.6 is 0 Å². The number of furan rings is 1. The van der Waals surface area contributed by atoms with Gasteiger partial charge in [0.05, 0.1) is 7.11 Å². The van der Waals surface area contributed by atoms with E-state index >= 15 is 0 Å². The van der Waals surface area contributed by atoms with Crippen LogP contribution in [0.25, 0.3) is 0 Å². The molecule has 1 aliphatic rings. The van der Waals surface area contributed by atoms with Crippen molar-refractivity contribution in [3.63, 3.8) is 0 Å². The average Bonchev–Trinajstić information content (AvgIpc) is 3.04. The molecule has 22 heavy (non-hydrogen) atoms. The predicted octanol–water partition coefficient (Wildman–Crippen LogP) is 3.48. The molecule has 0 radical (unpaired) electrons. The Morgan fingerprint density at radius 2 is 2.18 bits per heavy atom. The lowest BCUT2D eigenvalue weighted by Crippen LogP contribution is -2.22. The second-order valence-electron chi connectivity index (χ2n) is 5.66. The van der Waals surface area contributed by atoms with Crippen LogP contribution in [0.1, 0.15) is 41.1 Å². The molecule has 1 heterocycles. The monoisotopic (exact) mass is 303 g/mol. The van der Waals surface area contributed by atoms with Gasteiger partial charge >= 0.3 is 0 Å². The zero-order chi connectivity index (χ0) is 15.7. The average molecular weight is 303 g/mol. The normalized spacial score (nSPS) is 19.8. The molecular formula is C17H18FNO3. The fourth-order valence-electron chi connectivity index (χ4n) is 2.54. The van der Waals surface area contributed by atoms with E-state index in [1.807, 2.05) is 6.07 Å². The summed E-state index contributed by atoms with van der Waals surface area (Å²) in [5.41, 5.74) is 0.582. The lowest BCUT2D eigenvalue weighted by atomic mass is 10.2. The van der Waals surface area contributed by atoms with Gasteiger partial charge in [-0.05, 0) is 42.7 Å². The van der Waals surface area contributed by atoms with Crippen LogP contribution in [0, 0.1) is 11.7 Å². The van der Waals surface area contributed by atoms with Crippen LogP contribution in [0.15, 0.2) is 34.7 Å². The van der Waals surface area contributed by atoms with Gasteiger partial charge in [0, 0.05) is 18.0 Å². The van der Waals surface area contributed by atoms with Crippen LogP contribution in [0.5, 0.6) is 5.75 Å². The molecule has 0 aliphatic heterocycles. The maximum absolute atomic E-state index is 13.3. The Bertz CT molecular complexity index is 695. The molecule has 2 atom stereocenters. The molecule has 116 valence electrons. The first-order valence-corrected chi connectivity index (χ1v) is 7.29. The predicted molar refractivity (Wildman–Crippen MR) is 79.4 cm³/mol. The molecule has 0 unspecified atom stereocenters. The van der Waals surface area contributed by atoms with Crippen LogP contribution < -0.4 is 10.1 Å². The van der Waals surface area contributed by atoms with Gasteiger partial charge in [-0.15, -0.1) is 0 Å². The van der Waals surface area contributed by atoms with Crippen molar-refractivity contribution in [3.05, 3.63) is 53.2 Å². The van der Waals surface area contributed by atoms with Crippen molar-refractivity contribution in [2.75, 3.05) is 7.11 Å². The largest absolute Gasteiger partial charge is 0.496 e. The highest BCUT2D eigenvalue weighted by molar-refractivity contribution is 5.91. The van der Waals surface area contributed by atoms with Crippen LogP contribution in [-0.4, -0.2) is 13.0 Å². The molecular weight excluding hydrogens is 285 g/mol. The van der Waals surface area contributed by atoms with Crippen molar-refractivity contribution in [1.29, 1.82) is 0 Å². The second kappa shape index (κ2) is 5.83. The quantitative estimate of drug-likeness (QED) is 0.920. The Morgan fingerprint density at radius 1 is 1.41 bits per heavy atom. The molecule has 1 fully saturated rings. The minimum absolute atomic E-state index is 0.176. The molecule has 4 nitrogen and oxygen atoms in total. The van der Waals surface area contributed by atoms with Gasteiger partial charge in [-0.1, -0.05) is 6.92 Å². The Kier molecular flexibility index (Phi) is 3.88. The van der Waals surface area contributed by atoms with Gasteiger partial charge in [-0.3, -0.25) is 4.79 Å². The summed E-state index contributed by atoms with van der Waals surface area (Å²) in [7, 11) is 1.51. The third kappa shape index (κ3) is 2.98. The Morgan fingerprint density at radius 3 is 2.86 bits per heavy atom. The van der Waals surface area contributed by atoms with Crippen molar-refractivity contribution in [2.45, 2.75) is 25.8 Å². The summed E-state index contributed by atoms with van der Waals surface area (Å²) in [4.78, 5) is 12.1. The summed E-state index contributed by atoms with van der Waals surface area (Å²) in [5, 5.41) is 2.72. The van der Waals surface area contributed by atoms with E-state index in [4.69, 9.17) is 9.15 Å². The third-order valence-electron chi connectivity index (χ3n) is 4.01. The van der Waals surface area contributed by atoms with E-state index < -0.39 is 0 Å².